The molecule has 6 heteroatoms. The number of nitrogens with zero attached hydrogens (tertiary/aromatic N) is 2. The maximum Gasteiger partial charge on any atom is 0.205 e. The number of aromatic nitrogens is 1. The van der Waals surface area contributed by atoms with Gasteiger partial charge in [-0.25, -0.2) is 0 Å². The van der Waals surface area contributed by atoms with Gasteiger partial charge in [-0.3, -0.25) is 14.7 Å². The lowest BCUT2D eigenvalue weighted by Gasteiger charge is -2.26. The van der Waals surface area contributed by atoms with E-state index in [9.17, 15) is 4.79 Å². The Morgan fingerprint density at radius 1 is 1.00 bits per heavy atom. The van der Waals surface area contributed by atoms with Crippen molar-refractivity contribution >= 4 is 17.2 Å². The maximum absolute atomic E-state index is 13.1. The third-order valence-electron chi connectivity index (χ3n) is 5.57. The number of carbonyl (C=O) groups excluding carboxylic acids is 1. The molecule has 1 fully saturated rings. The molecule has 2 aliphatic rings. The van der Waals surface area contributed by atoms with Crippen LogP contribution in [-0.2, 0) is 11.3 Å². The lowest BCUT2D eigenvalue weighted by molar-refractivity contribution is 0.0342. The zero-order valence-corrected chi connectivity index (χ0v) is 16.7. The molecule has 1 atom stereocenters. The van der Waals surface area contributed by atoms with Crippen molar-refractivity contribution in [2.75, 3.05) is 36.9 Å². The van der Waals surface area contributed by atoms with Crippen LogP contribution >= 0.6 is 0 Å². The van der Waals surface area contributed by atoms with Gasteiger partial charge in [0, 0.05) is 37.0 Å². The van der Waals surface area contributed by atoms with E-state index in [-0.39, 0.29) is 5.78 Å². The molecule has 0 amide bonds. The van der Waals surface area contributed by atoms with Crippen LogP contribution in [-0.4, -0.2) is 48.1 Å². The number of fused-ring (bicyclic) bond motifs is 1. The SMILES string of the molecule is O=C(c1ccnc(-c2ccccc2)c1)C1Nc2ccc(CN3CCOCC3)cc2N1. The number of rotatable bonds is 5. The standard InChI is InChI=1S/C24H24N4O2/c29-23(19-8-9-25-21(15-19)18-4-2-1-3-5-18)24-26-20-7-6-17(14-22(20)27-24)16-28-10-12-30-13-11-28/h1-9,14-15,24,26-27H,10-13,16H2. The number of anilines is 2. The summed E-state index contributed by atoms with van der Waals surface area (Å²) in [6.07, 6.45) is 1.21. The van der Waals surface area contributed by atoms with Crippen LogP contribution in [0.3, 0.4) is 0 Å². The van der Waals surface area contributed by atoms with Crippen molar-refractivity contribution < 1.29 is 9.53 Å². The summed E-state index contributed by atoms with van der Waals surface area (Å²) in [5.74, 6) is 0.000473. The average molecular weight is 400 g/mol. The normalized spacial score (nSPS) is 18.3. The van der Waals surface area contributed by atoms with Gasteiger partial charge in [-0.1, -0.05) is 36.4 Å². The predicted molar refractivity (Wildman–Crippen MR) is 118 cm³/mol. The van der Waals surface area contributed by atoms with Crippen molar-refractivity contribution in [3.05, 3.63) is 78.0 Å². The zero-order chi connectivity index (χ0) is 20.3. The van der Waals surface area contributed by atoms with Crippen LogP contribution < -0.4 is 10.6 Å². The number of hydrogen-bond acceptors (Lipinski definition) is 6. The molecule has 152 valence electrons. The first kappa shape index (κ1) is 18.8. The molecular weight excluding hydrogens is 376 g/mol. The Hall–Kier alpha value is -3.22. The second-order valence-electron chi connectivity index (χ2n) is 7.65. The molecule has 2 N–H and O–H groups in total. The number of ether oxygens (including phenoxy) is 1. The smallest absolute Gasteiger partial charge is 0.205 e. The minimum absolute atomic E-state index is 0.000473. The van der Waals surface area contributed by atoms with Crippen LogP contribution in [0, 0.1) is 0 Å². The number of nitrogens with one attached hydrogen (secondary N) is 2. The summed E-state index contributed by atoms with van der Waals surface area (Å²) in [5.41, 5.74) is 5.58. The molecule has 6 nitrogen and oxygen atoms in total. The highest BCUT2D eigenvalue weighted by Crippen LogP contribution is 2.31. The van der Waals surface area contributed by atoms with Crippen LogP contribution in [0.25, 0.3) is 11.3 Å². The van der Waals surface area contributed by atoms with E-state index < -0.39 is 6.17 Å². The second kappa shape index (κ2) is 8.26. The Balaban J connectivity index is 1.30. The second-order valence-corrected chi connectivity index (χ2v) is 7.65. The Kier molecular flexibility index (Phi) is 5.17. The van der Waals surface area contributed by atoms with Crippen molar-refractivity contribution in [1.29, 1.82) is 0 Å². The van der Waals surface area contributed by atoms with Crippen molar-refractivity contribution in [3.8, 4) is 11.3 Å². The summed E-state index contributed by atoms with van der Waals surface area (Å²) in [4.78, 5) is 19.9. The molecule has 0 saturated carbocycles. The van der Waals surface area contributed by atoms with E-state index in [1.54, 1.807) is 12.3 Å². The summed E-state index contributed by atoms with van der Waals surface area (Å²) in [6, 6.07) is 19.8. The van der Waals surface area contributed by atoms with Gasteiger partial charge in [-0.15, -0.1) is 0 Å². The van der Waals surface area contributed by atoms with E-state index in [2.05, 4.69) is 32.7 Å². The van der Waals surface area contributed by atoms with Gasteiger partial charge >= 0.3 is 0 Å². The first-order valence-electron chi connectivity index (χ1n) is 10.3. The van der Waals surface area contributed by atoms with Gasteiger partial charge in [0.15, 0.2) is 6.17 Å². The number of morpholine rings is 1. The summed E-state index contributed by atoms with van der Waals surface area (Å²) in [7, 11) is 0. The molecule has 0 bridgehead atoms. The molecule has 1 saturated heterocycles. The molecule has 0 spiro atoms. The molecule has 3 heterocycles. The first-order valence-corrected chi connectivity index (χ1v) is 10.3. The molecule has 1 unspecified atom stereocenters. The van der Waals surface area contributed by atoms with E-state index in [0.29, 0.717) is 5.56 Å². The van der Waals surface area contributed by atoms with E-state index in [4.69, 9.17) is 4.74 Å². The molecule has 30 heavy (non-hydrogen) atoms. The van der Waals surface area contributed by atoms with E-state index in [0.717, 1.165) is 55.5 Å². The van der Waals surface area contributed by atoms with Gasteiger partial charge in [0.2, 0.25) is 5.78 Å². The Morgan fingerprint density at radius 3 is 2.63 bits per heavy atom. The molecule has 3 aromatic rings. The Labute approximate surface area is 175 Å². The Morgan fingerprint density at radius 2 is 1.80 bits per heavy atom. The van der Waals surface area contributed by atoms with E-state index in [1.165, 1.54) is 5.56 Å². The van der Waals surface area contributed by atoms with Crippen LogP contribution in [0.4, 0.5) is 11.4 Å². The third kappa shape index (κ3) is 3.92. The van der Waals surface area contributed by atoms with Crippen LogP contribution in [0.5, 0.6) is 0 Å². The summed E-state index contributed by atoms with van der Waals surface area (Å²) < 4.78 is 5.42. The van der Waals surface area contributed by atoms with Crippen molar-refractivity contribution in [1.82, 2.24) is 9.88 Å². The lowest BCUT2D eigenvalue weighted by Crippen LogP contribution is -2.35. The fourth-order valence-electron chi connectivity index (χ4n) is 3.95. The van der Waals surface area contributed by atoms with Crippen LogP contribution in [0.15, 0.2) is 66.9 Å². The van der Waals surface area contributed by atoms with Gasteiger partial charge in [0.25, 0.3) is 0 Å². The molecular formula is C24H24N4O2. The predicted octanol–water partition coefficient (Wildman–Crippen LogP) is 3.63. The molecule has 5 rings (SSSR count). The quantitative estimate of drug-likeness (QED) is 0.638. The highest BCUT2D eigenvalue weighted by Gasteiger charge is 2.27. The molecule has 1 aromatic heterocycles. The van der Waals surface area contributed by atoms with E-state index >= 15 is 0 Å². The van der Waals surface area contributed by atoms with Crippen molar-refractivity contribution in [2.24, 2.45) is 0 Å². The molecule has 0 aliphatic carbocycles. The van der Waals surface area contributed by atoms with Crippen LogP contribution in [0.1, 0.15) is 15.9 Å². The van der Waals surface area contributed by atoms with Gasteiger partial charge in [-0.05, 0) is 29.8 Å². The maximum atomic E-state index is 13.1. The zero-order valence-electron chi connectivity index (χ0n) is 16.7. The highest BCUT2D eigenvalue weighted by molar-refractivity contribution is 6.05. The Bertz CT molecular complexity index is 1050. The largest absolute Gasteiger partial charge is 0.379 e. The number of carbonyl (C=O) groups is 1. The number of Topliss-reactive ketones (excluding diaryl/α,β-unsaturated/α-hetero) is 1. The van der Waals surface area contributed by atoms with E-state index in [1.807, 2.05) is 42.5 Å². The van der Waals surface area contributed by atoms with Gasteiger partial charge in [0.05, 0.1) is 30.3 Å². The fourth-order valence-corrected chi connectivity index (χ4v) is 3.95. The summed E-state index contributed by atoms with van der Waals surface area (Å²) in [5, 5.41) is 6.65. The van der Waals surface area contributed by atoms with Crippen molar-refractivity contribution in [3.63, 3.8) is 0 Å². The topological polar surface area (TPSA) is 66.5 Å². The monoisotopic (exact) mass is 400 g/mol. The molecule has 2 aromatic carbocycles. The summed E-state index contributed by atoms with van der Waals surface area (Å²) in [6.45, 7) is 4.38. The summed E-state index contributed by atoms with van der Waals surface area (Å²) >= 11 is 0. The number of hydrogen-bond donors (Lipinski definition) is 2. The fraction of sp³-hybridized carbons (Fsp3) is 0.250. The van der Waals surface area contributed by atoms with Crippen molar-refractivity contribution in [2.45, 2.75) is 12.7 Å². The van der Waals surface area contributed by atoms with Gasteiger partial charge < -0.3 is 15.4 Å². The minimum atomic E-state index is -0.482. The van der Waals surface area contributed by atoms with Crippen LogP contribution in [0.2, 0.25) is 0 Å². The lowest BCUT2D eigenvalue weighted by atomic mass is 10.1. The number of pyridine rings is 1. The van der Waals surface area contributed by atoms with Gasteiger partial charge in [0.1, 0.15) is 0 Å². The first-order chi connectivity index (χ1) is 14.8. The van der Waals surface area contributed by atoms with Gasteiger partial charge in [-0.2, -0.15) is 0 Å². The highest BCUT2D eigenvalue weighted by atomic mass is 16.5. The molecule has 2 aliphatic heterocycles. The minimum Gasteiger partial charge on any atom is -0.379 e. The average Bonchev–Trinajstić information content (AvgIpc) is 3.23. The number of benzene rings is 2. The number of ketones is 1. The third-order valence-corrected chi connectivity index (χ3v) is 5.57. The molecule has 0 radical (unpaired) electrons.